The van der Waals surface area contributed by atoms with Gasteiger partial charge in [0.25, 0.3) is 5.91 Å². The van der Waals surface area contributed by atoms with Crippen molar-refractivity contribution in [2.24, 2.45) is 5.92 Å². The Hall–Kier alpha value is -0.830. The van der Waals surface area contributed by atoms with E-state index in [2.05, 4.69) is 12.2 Å². The normalized spacial score (nSPS) is 25.4. The van der Waals surface area contributed by atoms with Gasteiger partial charge < -0.3 is 5.32 Å². The van der Waals surface area contributed by atoms with Gasteiger partial charge >= 0.3 is 0 Å². The summed E-state index contributed by atoms with van der Waals surface area (Å²) in [6.45, 7) is 4.27. The Morgan fingerprint density at radius 2 is 2.31 bits per heavy atom. The molecule has 1 aliphatic carbocycles. The van der Waals surface area contributed by atoms with Gasteiger partial charge in [-0.1, -0.05) is 19.8 Å². The van der Waals surface area contributed by atoms with E-state index in [1.165, 1.54) is 24.2 Å². The summed E-state index contributed by atoms with van der Waals surface area (Å²) in [6, 6.07) is 2.39. The lowest BCUT2D eigenvalue weighted by Gasteiger charge is -2.27. The molecular weight excluding hydrogens is 218 g/mol. The molecule has 2 nitrogen and oxygen atoms in total. The van der Waals surface area contributed by atoms with Crippen molar-refractivity contribution in [3.05, 3.63) is 21.9 Å². The van der Waals surface area contributed by atoms with Crippen molar-refractivity contribution >= 4 is 17.2 Å². The van der Waals surface area contributed by atoms with Crippen molar-refractivity contribution in [2.75, 3.05) is 0 Å². The third kappa shape index (κ3) is 2.64. The SMILES string of the molecule is Cc1ccsc1C(=O)NC1CCCC(C)C1. The fraction of sp³-hybridized carbons (Fsp3) is 0.615. The zero-order valence-electron chi connectivity index (χ0n) is 9.95. The molecule has 1 aliphatic rings. The van der Waals surface area contributed by atoms with Crippen molar-refractivity contribution in [3.8, 4) is 0 Å². The largest absolute Gasteiger partial charge is 0.349 e. The molecule has 1 heterocycles. The smallest absolute Gasteiger partial charge is 0.261 e. The Kier molecular flexibility index (Phi) is 3.64. The number of rotatable bonds is 2. The highest BCUT2D eigenvalue weighted by atomic mass is 32.1. The van der Waals surface area contributed by atoms with Crippen LogP contribution in [0.2, 0.25) is 0 Å². The monoisotopic (exact) mass is 237 g/mol. The van der Waals surface area contributed by atoms with Gasteiger partial charge in [-0.25, -0.2) is 0 Å². The highest BCUT2D eigenvalue weighted by Crippen LogP contribution is 2.24. The van der Waals surface area contributed by atoms with Crippen LogP contribution in [-0.4, -0.2) is 11.9 Å². The quantitative estimate of drug-likeness (QED) is 0.839. The molecule has 3 heteroatoms. The van der Waals surface area contributed by atoms with Gasteiger partial charge in [-0.2, -0.15) is 0 Å². The van der Waals surface area contributed by atoms with E-state index >= 15 is 0 Å². The van der Waals surface area contributed by atoms with Gasteiger partial charge in [0.05, 0.1) is 4.88 Å². The van der Waals surface area contributed by atoms with E-state index in [1.54, 1.807) is 0 Å². The van der Waals surface area contributed by atoms with E-state index in [0.29, 0.717) is 6.04 Å². The third-order valence-electron chi connectivity index (χ3n) is 3.34. The van der Waals surface area contributed by atoms with Gasteiger partial charge in [-0.3, -0.25) is 4.79 Å². The van der Waals surface area contributed by atoms with Crippen LogP contribution >= 0.6 is 11.3 Å². The summed E-state index contributed by atoms with van der Waals surface area (Å²) in [4.78, 5) is 12.9. The van der Waals surface area contributed by atoms with Crippen LogP contribution in [0.15, 0.2) is 11.4 Å². The van der Waals surface area contributed by atoms with E-state index < -0.39 is 0 Å². The topological polar surface area (TPSA) is 29.1 Å². The third-order valence-corrected chi connectivity index (χ3v) is 4.36. The highest BCUT2D eigenvalue weighted by Gasteiger charge is 2.21. The number of carbonyl (C=O) groups excluding carboxylic acids is 1. The summed E-state index contributed by atoms with van der Waals surface area (Å²) in [5, 5.41) is 5.14. The van der Waals surface area contributed by atoms with Gasteiger partial charge in [0.15, 0.2) is 0 Å². The number of carbonyl (C=O) groups is 1. The van der Waals surface area contributed by atoms with Crippen LogP contribution in [0, 0.1) is 12.8 Å². The van der Waals surface area contributed by atoms with Gasteiger partial charge in [0.2, 0.25) is 0 Å². The molecule has 0 spiro atoms. The van der Waals surface area contributed by atoms with Crippen LogP contribution < -0.4 is 5.32 Å². The molecule has 0 radical (unpaired) electrons. The van der Waals surface area contributed by atoms with Gasteiger partial charge in [0.1, 0.15) is 0 Å². The summed E-state index contributed by atoms with van der Waals surface area (Å²) in [5.74, 6) is 0.870. The van der Waals surface area contributed by atoms with Crippen molar-refractivity contribution in [2.45, 2.75) is 45.6 Å². The Morgan fingerprint density at radius 3 is 2.94 bits per heavy atom. The maximum Gasteiger partial charge on any atom is 0.261 e. The summed E-state index contributed by atoms with van der Waals surface area (Å²) >= 11 is 1.53. The predicted molar refractivity (Wildman–Crippen MR) is 67.9 cm³/mol. The molecule has 2 rings (SSSR count). The van der Waals surface area contributed by atoms with E-state index in [4.69, 9.17) is 0 Å². The average Bonchev–Trinajstić information content (AvgIpc) is 2.64. The van der Waals surface area contributed by atoms with Crippen molar-refractivity contribution in [1.29, 1.82) is 0 Å². The van der Waals surface area contributed by atoms with Crippen molar-refractivity contribution in [3.63, 3.8) is 0 Å². The number of thiophene rings is 1. The summed E-state index contributed by atoms with van der Waals surface area (Å²) in [6.07, 6.45) is 4.83. The number of nitrogens with one attached hydrogen (secondary N) is 1. The van der Waals surface area contributed by atoms with Crippen LogP contribution in [0.3, 0.4) is 0 Å². The highest BCUT2D eigenvalue weighted by molar-refractivity contribution is 7.12. The fourth-order valence-electron chi connectivity index (χ4n) is 2.42. The van der Waals surface area contributed by atoms with Gasteiger partial charge in [0, 0.05) is 6.04 Å². The molecule has 1 N–H and O–H groups in total. The molecule has 16 heavy (non-hydrogen) atoms. The first-order chi connectivity index (χ1) is 7.66. The van der Waals surface area contributed by atoms with E-state index in [9.17, 15) is 4.79 Å². The molecular formula is C13H19NOS. The minimum absolute atomic E-state index is 0.117. The summed E-state index contributed by atoms with van der Waals surface area (Å²) < 4.78 is 0. The number of aryl methyl sites for hydroxylation is 1. The Bertz CT molecular complexity index is 372. The molecule has 0 aromatic carbocycles. The van der Waals surface area contributed by atoms with Crippen LogP contribution in [0.1, 0.15) is 47.8 Å². The minimum Gasteiger partial charge on any atom is -0.349 e. The first kappa shape index (κ1) is 11.6. The molecule has 2 unspecified atom stereocenters. The Morgan fingerprint density at radius 1 is 1.50 bits per heavy atom. The average molecular weight is 237 g/mol. The lowest BCUT2D eigenvalue weighted by atomic mass is 9.87. The molecule has 1 aromatic heterocycles. The van der Waals surface area contributed by atoms with Crippen molar-refractivity contribution < 1.29 is 4.79 Å². The minimum atomic E-state index is 0.117. The zero-order valence-corrected chi connectivity index (χ0v) is 10.8. The van der Waals surface area contributed by atoms with Crippen LogP contribution in [-0.2, 0) is 0 Å². The second-order valence-corrected chi connectivity index (χ2v) is 5.79. The molecule has 2 atom stereocenters. The maximum atomic E-state index is 12.0. The zero-order chi connectivity index (χ0) is 11.5. The molecule has 88 valence electrons. The first-order valence-electron chi connectivity index (χ1n) is 6.01. The van der Waals surface area contributed by atoms with Crippen LogP contribution in [0.25, 0.3) is 0 Å². The lowest BCUT2D eigenvalue weighted by Crippen LogP contribution is -2.37. The second kappa shape index (κ2) is 5.00. The second-order valence-electron chi connectivity index (χ2n) is 4.87. The van der Waals surface area contributed by atoms with Gasteiger partial charge in [-0.05, 0) is 42.7 Å². The summed E-state index contributed by atoms with van der Waals surface area (Å²) in [5.41, 5.74) is 1.09. The van der Waals surface area contributed by atoms with Crippen molar-refractivity contribution in [1.82, 2.24) is 5.32 Å². The molecule has 1 aromatic rings. The molecule has 0 aliphatic heterocycles. The van der Waals surface area contributed by atoms with E-state index in [1.807, 2.05) is 18.4 Å². The molecule has 1 saturated carbocycles. The Labute approximate surface area is 101 Å². The van der Waals surface area contributed by atoms with E-state index in [0.717, 1.165) is 29.2 Å². The maximum absolute atomic E-state index is 12.0. The molecule has 0 saturated heterocycles. The fourth-order valence-corrected chi connectivity index (χ4v) is 3.25. The number of hydrogen-bond acceptors (Lipinski definition) is 2. The van der Waals surface area contributed by atoms with Gasteiger partial charge in [-0.15, -0.1) is 11.3 Å². The number of hydrogen-bond donors (Lipinski definition) is 1. The Balaban J connectivity index is 1.95. The first-order valence-corrected chi connectivity index (χ1v) is 6.89. The number of amides is 1. The summed E-state index contributed by atoms with van der Waals surface area (Å²) in [7, 11) is 0. The van der Waals surface area contributed by atoms with Crippen LogP contribution in [0.5, 0.6) is 0 Å². The molecule has 1 amide bonds. The van der Waals surface area contributed by atoms with E-state index in [-0.39, 0.29) is 5.91 Å². The molecule has 1 fully saturated rings. The standard InChI is InChI=1S/C13H19NOS/c1-9-4-3-5-11(8-9)14-13(15)12-10(2)6-7-16-12/h6-7,9,11H,3-5,8H2,1-2H3,(H,14,15). The molecule has 0 bridgehead atoms. The predicted octanol–water partition coefficient (Wildman–Crippen LogP) is 3.37. The lowest BCUT2D eigenvalue weighted by molar-refractivity contribution is 0.0925. The van der Waals surface area contributed by atoms with Crippen LogP contribution in [0.4, 0.5) is 0 Å².